The summed E-state index contributed by atoms with van der Waals surface area (Å²) in [6.45, 7) is 0. The second-order valence-corrected chi connectivity index (χ2v) is 18.1. The van der Waals surface area contributed by atoms with Gasteiger partial charge in [-0.1, -0.05) is 152 Å². The molecular formula is C68H44F2N4. The maximum absolute atomic E-state index is 15.9. The maximum atomic E-state index is 15.9. The number of benzene rings is 8. The quantitative estimate of drug-likeness (QED) is 0.130. The molecule has 6 heteroatoms. The van der Waals surface area contributed by atoms with Gasteiger partial charge in [0.1, 0.15) is 11.6 Å². The average molecular weight is 955 g/mol. The van der Waals surface area contributed by atoms with E-state index in [-0.39, 0.29) is 11.6 Å². The van der Waals surface area contributed by atoms with Gasteiger partial charge < -0.3 is 0 Å². The maximum Gasteiger partial charge on any atom is 0.123 e. The van der Waals surface area contributed by atoms with Crippen LogP contribution in [0.3, 0.4) is 0 Å². The SMILES string of the molecule is Fc1ccc(-c2ccc(-c3ccccn3)cc2)c(-c2cc(-c3cc(F)ccc3-c3ccc(-c4ccccn4)nc3)cc(-c3ccccc3-c3ccc(-c4ccccn4)cc3-c3ccc(-c4ccccc4)cc3)c2)c1. The van der Waals surface area contributed by atoms with Crippen LogP contribution in [-0.4, -0.2) is 19.9 Å². The number of halogens is 2. The number of hydrogen-bond donors (Lipinski definition) is 0. The fourth-order valence-electron chi connectivity index (χ4n) is 9.83. The zero-order valence-corrected chi connectivity index (χ0v) is 39.9. The Balaban J connectivity index is 1.05. The van der Waals surface area contributed by atoms with Gasteiger partial charge in [0.25, 0.3) is 0 Å². The number of rotatable bonds is 11. The summed E-state index contributed by atoms with van der Waals surface area (Å²) in [5.41, 5.74) is 19.6. The van der Waals surface area contributed by atoms with Gasteiger partial charge in [0, 0.05) is 41.5 Å². The van der Waals surface area contributed by atoms with Crippen molar-refractivity contribution in [2.24, 2.45) is 0 Å². The van der Waals surface area contributed by atoms with E-state index in [9.17, 15) is 0 Å². The molecule has 0 saturated carbocycles. The Bertz CT molecular complexity index is 3770. The first-order valence-corrected chi connectivity index (χ1v) is 24.4. The van der Waals surface area contributed by atoms with Crippen LogP contribution < -0.4 is 0 Å². The first-order chi connectivity index (χ1) is 36.5. The van der Waals surface area contributed by atoms with E-state index in [2.05, 4.69) is 119 Å². The molecule has 0 fully saturated rings. The molecule has 0 aliphatic carbocycles. The lowest BCUT2D eigenvalue weighted by Crippen LogP contribution is -1.95. The lowest BCUT2D eigenvalue weighted by Gasteiger charge is -2.19. The summed E-state index contributed by atoms with van der Waals surface area (Å²) in [6.07, 6.45) is 7.15. The Morgan fingerprint density at radius 2 is 0.595 bits per heavy atom. The Labute approximate surface area is 428 Å². The van der Waals surface area contributed by atoms with Gasteiger partial charge in [-0.2, -0.15) is 0 Å². The molecule has 4 heterocycles. The van der Waals surface area contributed by atoms with E-state index in [0.717, 1.165) is 112 Å². The summed E-state index contributed by atoms with van der Waals surface area (Å²) in [5, 5.41) is 0. The summed E-state index contributed by atoms with van der Waals surface area (Å²) in [7, 11) is 0. The Hall–Kier alpha value is -9.78. The highest BCUT2D eigenvalue weighted by Crippen LogP contribution is 2.45. The second kappa shape index (κ2) is 20.1. The van der Waals surface area contributed by atoms with E-state index in [1.165, 1.54) is 12.1 Å². The predicted molar refractivity (Wildman–Crippen MR) is 297 cm³/mol. The van der Waals surface area contributed by atoms with Crippen LogP contribution in [0.15, 0.2) is 267 Å². The van der Waals surface area contributed by atoms with Gasteiger partial charge >= 0.3 is 0 Å². The predicted octanol–water partition coefficient (Wildman–Crippen LogP) is 17.9. The third kappa shape index (κ3) is 9.32. The van der Waals surface area contributed by atoms with Crippen LogP contribution in [0.1, 0.15) is 0 Å². The lowest BCUT2D eigenvalue weighted by atomic mass is 9.84. The molecule has 8 aromatic carbocycles. The summed E-state index contributed by atoms with van der Waals surface area (Å²) in [6, 6.07) is 79.7. The normalized spacial score (nSPS) is 11.1. The molecule has 0 aliphatic rings. The number of aromatic nitrogens is 4. The molecule has 0 bridgehead atoms. The van der Waals surface area contributed by atoms with Crippen molar-refractivity contribution in [2.75, 3.05) is 0 Å². The van der Waals surface area contributed by atoms with E-state index < -0.39 is 0 Å². The molecule has 0 N–H and O–H groups in total. The molecule has 0 amide bonds. The van der Waals surface area contributed by atoms with E-state index in [0.29, 0.717) is 11.1 Å². The highest BCUT2D eigenvalue weighted by Gasteiger charge is 2.20. The molecule has 12 aromatic rings. The summed E-state index contributed by atoms with van der Waals surface area (Å²) in [4.78, 5) is 18.6. The molecule has 350 valence electrons. The van der Waals surface area contributed by atoms with E-state index in [1.54, 1.807) is 30.6 Å². The highest BCUT2D eigenvalue weighted by atomic mass is 19.1. The molecule has 0 unspecified atom stereocenters. The first-order valence-electron chi connectivity index (χ1n) is 24.4. The molecular weight excluding hydrogens is 911 g/mol. The minimum atomic E-state index is -0.385. The molecule has 12 rings (SSSR count). The molecule has 4 aromatic heterocycles. The topological polar surface area (TPSA) is 51.6 Å². The van der Waals surface area contributed by atoms with Crippen molar-refractivity contribution in [2.45, 2.75) is 0 Å². The number of nitrogens with zero attached hydrogens (tertiary/aromatic N) is 4. The zero-order valence-electron chi connectivity index (χ0n) is 39.9. The summed E-state index contributed by atoms with van der Waals surface area (Å²) >= 11 is 0. The van der Waals surface area contributed by atoms with Crippen LogP contribution in [0.2, 0.25) is 0 Å². The van der Waals surface area contributed by atoms with Gasteiger partial charge in [-0.25, -0.2) is 8.78 Å². The van der Waals surface area contributed by atoms with Crippen molar-refractivity contribution < 1.29 is 8.78 Å². The monoisotopic (exact) mass is 954 g/mol. The van der Waals surface area contributed by atoms with Gasteiger partial charge in [-0.15, -0.1) is 0 Å². The third-order valence-corrected chi connectivity index (χ3v) is 13.5. The highest BCUT2D eigenvalue weighted by molar-refractivity contribution is 5.97. The van der Waals surface area contributed by atoms with E-state index >= 15 is 8.78 Å². The van der Waals surface area contributed by atoms with Crippen molar-refractivity contribution in [1.82, 2.24) is 19.9 Å². The van der Waals surface area contributed by atoms with E-state index in [4.69, 9.17) is 9.97 Å². The van der Waals surface area contributed by atoms with Crippen LogP contribution in [0.5, 0.6) is 0 Å². The summed E-state index contributed by atoms with van der Waals surface area (Å²) in [5.74, 6) is -0.757. The van der Waals surface area contributed by atoms with Crippen LogP contribution in [0.25, 0.3) is 123 Å². The van der Waals surface area contributed by atoms with Crippen LogP contribution in [0, 0.1) is 11.6 Å². The van der Waals surface area contributed by atoms with Gasteiger partial charge in [0.05, 0.1) is 22.8 Å². The largest absolute Gasteiger partial charge is 0.256 e. The fourth-order valence-corrected chi connectivity index (χ4v) is 9.83. The van der Waals surface area contributed by atoms with Gasteiger partial charge in [0.15, 0.2) is 0 Å². The van der Waals surface area contributed by atoms with Gasteiger partial charge in [-0.05, 0) is 174 Å². The van der Waals surface area contributed by atoms with Crippen molar-refractivity contribution in [3.63, 3.8) is 0 Å². The van der Waals surface area contributed by atoms with Crippen molar-refractivity contribution >= 4 is 0 Å². The standard InChI is InChI=1S/C68H44F2N4/c69-55-29-32-58(47-23-25-49(26-24-47)65-16-6-9-35-71-65)63(42-55)53-38-52(39-54(40-53)64-43-56(70)30-33-59(64)51-28-34-68(74-44-51)67-18-8-11-37-73-67)57-14-4-5-15-60(57)61-31-27-50(66-17-7-10-36-72-66)41-62(61)48-21-19-46(20-22-48)45-12-2-1-3-13-45/h1-44H. The lowest BCUT2D eigenvalue weighted by molar-refractivity contribution is 0.628. The Morgan fingerprint density at radius 1 is 0.203 bits per heavy atom. The van der Waals surface area contributed by atoms with Crippen molar-refractivity contribution in [1.29, 1.82) is 0 Å². The molecule has 74 heavy (non-hydrogen) atoms. The molecule has 0 spiro atoms. The van der Waals surface area contributed by atoms with E-state index in [1.807, 2.05) is 116 Å². The Kier molecular flexibility index (Phi) is 12.4. The molecule has 4 nitrogen and oxygen atoms in total. The van der Waals surface area contributed by atoms with Crippen LogP contribution >= 0.6 is 0 Å². The zero-order chi connectivity index (χ0) is 49.8. The minimum Gasteiger partial charge on any atom is -0.256 e. The molecule has 0 radical (unpaired) electrons. The second-order valence-electron chi connectivity index (χ2n) is 18.1. The Morgan fingerprint density at radius 3 is 1.18 bits per heavy atom. The molecule has 0 atom stereocenters. The first kappa shape index (κ1) is 45.4. The number of hydrogen-bond acceptors (Lipinski definition) is 4. The average Bonchev–Trinajstić information content (AvgIpc) is 3.48. The fraction of sp³-hybridized carbons (Fsp3) is 0. The molecule has 0 saturated heterocycles. The van der Waals surface area contributed by atoms with Crippen molar-refractivity contribution in [3.8, 4) is 123 Å². The van der Waals surface area contributed by atoms with Gasteiger partial charge in [0.2, 0.25) is 0 Å². The van der Waals surface area contributed by atoms with Crippen molar-refractivity contribution in [3.05, 3.63) is 279 Å². The number of pyridine rings is 4. The molecule has 0 aliphatic heterocycles. The van der Waals surface area contributed by atoms with Gasteiger partial charge in [-0.3, -0.25) is 19.9 Å². The van der Waals surface area contributed by atoms with Crippen LogP contribution in [-0.2, 0) is 0 Å². The summed E-state index contributed by atoms with van der Waals surface area (Å²) < 4.78 is 31.7. The van der Waals surface area contributed by atoms with Crippen LogP contribution in [0.4, 0.5) is 8.78 Å². The smallest absolute Gasteiger partial charge is 0.123 e. The third-order valence-electron chi connectivity index (χ3n) is 13.5. The minimum absolute atomic E-state index is 0.373.